The van der Waals surface area contributed by atoms with Crippen molar-refractivity contribution in [3.8, 4) is 0 Å². The number of rotatable bonds is 1. The molecule has 6 rings (SSSR count). The summed E-state index contributed by atoms with van der Waals surface area (Å²) in [5, 5.41) is 21.3. The quantitative estimate of drug-likeness (QED) is 0.448. The zero-order chi connectivity index (χ0) is 24.6. The van der Waals surface area contributed by atoms with Crippen molar-refractivity contribution in [2.75, 3.05) is 6.61 Å². The number of carbonyl (C=O) groups is 1. The number of carboxylic acids is 1. The second-order valence-corrected chi connectivity index (χ2v) is 15.4. The Morgan fingerprint density at radius 2 is 1.41 bits per heavy atom. The summed E-state index contributed by atoms with van der Waals surface area (Å²) in [7, 11) is 0. The van der Waals surface area contributed by atoms with Crippen LogP contribution < -0.4 is 0 Å². The predicted molar refractivity (Wildman–Crippen MR) is 132 cm³/mol. The van der Waals surface area contributed by atoms with E-state index in [-0.39, 0.29) is 33.0 Å². The highest BCUT2D eigenvalue weighted by atomic mass is 16.6. The van der Waals surface area contributed by atoms with E-state index in [0.29, 0.717) is 17.8 Å². The van der Waals surface area contributed by atoms with Crippen LogP contribution in [0.2, 0.25) is 0 Å². The molecule has 11 atom stereocenters. The lowest BCUT2D eigenvalue weighted by Crippen LogP contribution is -2.68. The summed E-state index contributed by atoms with van der Waals surface area (Å²) < 4.78 is 6.14. The van der Waals surface area contributed by atoms with Gasteiger partial charge in [0, 0.05) is 17.8 Å². The highest BCUT2D eigenvalue weighted by Crippen LogP contribution is 2.79. The van der Waals surface area contributed by atoms with Crippen LogP contribution in [0, 0.1) is 56.2 Å². The molecule has 1 spiro atoms. The van der Waals surface area contributed by atoms with E-state index in [4.69, 9.17) is 4.74 Å². The third-order valence-electron chi connectivity index (χ3n) is 14.6. The first kappa shape index (κ1) is 23.8. The van der Waals surface area contributed by atoms with Crippen molar-refractivity contribution in [3.05, 3.63) is 0 Å². The summed E-state index contributed by atoms with van der Waals surface area (Å²) in [6.45, 7) is 15.3. The first-order chi connectivity index (χ1) is 15.7. The largest absolute Gasteiger partial charge is 0.481 e. The lowest BCUT2D eigenvalue weighted by Gasteiger charge is -2.74. The maximum Gasteiger partial charge on any atom is 0.309 e. The second-order valence-electron chi connectivity index (χ2n) is 15.4. The van der Waals surface area contributed by atoms with Crippen molar-refractivity contribution in [1.82, 2.24) is 0 Å². The highest BCUT2D eigenvalue weighted by molar-refractivity contribution is 5.74. The average molecular weight is 473 g/mol. The molecule has 6 aliphatic rings. The molecular weight excluding hydrogens is 424 g/mol. The van der Waals surface area contributed by atoms with Crippen molar-refractivity contribution in [2.24, 2.45) is 56.2 Å². The highest BCUT2D eigenvalue weighted by Gasteiger charge is 2.74. The van der Waals surface area contributed by atoms with Crippen LogP contribution in [-0.2, 0) is 9.53 Å². The average Bonchev–Trinajstić information content (AvgIpc) is 2.92. The van der Waals surface area contributed by atoms with Gasteiger partial charge < -0.3 is 14.9 Å². The lowest BCUT2D eigenvalue weighted by atomic mass is 9.30. The van der Waals surface area contributed by atoms with Crippen molar-refractivity contribution in [3.63, 3.8) is 0 Å². The molecule has 192 valence electrons. The first-order valence-electron chi connectivity index (χ1n) is 14.3. The van der Waals surface area contributed by atoms with Crippen molar-refractivity contribution >= 4 is 5.97 Å². The van der Waals surface area contributed by atoms with E-state index in [2.05, 4.69) is 34.6 Å². The van der Waals surface area contributed by atoms with E-state index >= 15 is 0 Å². The standard InChI is InChI=1S/C30H48O4/c1-19-29-9-7-20-26(4,21(29)8-10-30(19,33)34-18-29)14-16-28(6)22-17-25(3,23(31)32)12-11-24(22,2)13-15-27(20,28)5/h19-22,33H,7-18H2,1-6H3,(H,31,32)/t19-,20+,21+,22-,24+,25-,26-,27-,28+,29?,30+/m1/s1. The van der Waals surface area contributed by atoms with Gasteiger partial charge in [-0.1, -0.05) is 34.6 Å². The molecule has 2 bridgehead atoms. The maximum atomic E-state index is 12.3. The minimum absolute atomic E-state index is 0.137. The molecule has 0 amide bonds. The van der Waals surface area contributed by atoms with E-state index in [1.54, 1.807) is 0 Å². The van der Waals surface area contributed by atoms with Crippen LogP contribution in [0.1, 0.15) is 112 Å². The van der Waals surface area contributed by atoms with Gasteiger partial charge in [0.05, 0.1) is 12.0 Å². The van der Waals surface area contributed by atoms with Crippen LogP contribution >= 0.6 is 0 Å². The van der Waals surface area contributed by atoms with Crippen LogP contribution in [0.15, 0.2) is 0 Å². The topological polar surface area (TPSA) is 66.8 Å². The molecule has 0 aromatic carbocycles. The molecule has 2 N–H and O–H groups in total. The molecule has 1 aliphatic heterocycles. The smallest absolute Gasteiger partial charge is 0.309 e. The Morgan fingerprint density at radius 1 is 0.794 bits per heavy atom. The Hall–Kier alpha value is -0.610. The van der Waals surface area contributed by atoms with Gasteiger partial charge >= 0.3 is 5.97 Å². The number of aliphatic hydroxyl groups is 1. The molecule has 5 saturated carbocycles. The number of ether oxygens (including phenoxy) is 1. The molecule has 0 radical (unpaired) electrons. The molecule has 1 unspecified atom stereocenters. The Kier molecular flexibility index (Phi) is 4.63. The van der Waals surface area contributed by atoms with Crippen molar-refractivity contribution in [2.45, 2.75) is 118 Å². The van der Waals surface area contributed by atoms with E-state index in [1.165, 1.54) is 38.5 Å². The van der Waals surface area contributed by atoms with E-state index in [9.17, 15) is 15.0 Å². The molecule has 4 nitrogen and oxygen atoms in total. The summed E-state index contributed by atoms with van der Waals surface area (Å²) >= 11 is 0. The monoisotopic (exact) mass is 472 g/mol. The van der Waals surface area contributed by atoms with Crippen molar-refractivity contribution in [1.29, 1.82) is 0 Å². The molecular formula is C30H48O4. The first-order valence-corrected chi connectivity index (χ1v) is 14.3. The van der Waals surface area contributed by atoms with Crippen LogP contribution in [0.4, 0.5) is 0 Å². The Labute approximate surface area is 206 Å². The van der Waals surface area contributed by atoms with E-state index in [1.807, 2.05) is 6.92 Å². The normalized spacial score (nSPS) is 62.7. The predicted octanol–water partition coefficient (Wildman–Crippen LogP) is 6.65. The van der Waals surface area contributed by atoms with Gasteiger partial charge in [-0.15, -0.1) is 0 Å². The zero-order valence-corrected chi connectivity index (χ0v) is 22.5. The van der Waals surface area contributed by atoms with Gasteiger partial charge in [0.25, 0.3) is 0 Å². The Bertz CT molecular complexity index is 917. The third-order valence-corrected chi connectivity index (χ3v) is 14.6. The molecule has 1 saturated heterocycles. The van der Waals surface area contributed by atoms with Crippen LogP contribution in [-0.4, -0.2) is 28.6 Å². The third kappa shape index (κ3) is 2.51. The van der Waals surface area contributed by atoms with Gasteiger partial charge in [-0.2, -0.15) is 0 Å². The summed E-state index contributed by atoms with van der Waals surface area (Å²) in [4.78, 5) is 12.3. The van der Waals surface area contributed by atoms with E-state index in [0.717, 1.165) is 38.7 Å². The van der Waals surface area contributed by atoms with Gasteiger partial charge in [-0.05, 0) is 111 Å². The van der Waals surface area contributed by atoms with Crippen LogP contribution in [0.25, 0.3) is 0 Å². The van der Waals surface area contributed by atoms with Gasteiger partial charge in [0.15, 0.2) is 5.79 Å². The van der Waals surface area contributed by atoms with Crippen LogP contribution in [0.5, 0.6) is 0 Å². The van der Waals surface area contributed by atoms with Gasteiger partial charge in [0.1, 0.15) is 0 Å². The number of aliphatic carboxylic acids is 1. The fraction of sp³-hybridized carbons (Fsp3) is 0.967. The van der Waals surface area contributed by atoms with Gasteiger partial charge in [0.2, 0.25) is 0 Å². The fourth-order valence-electron chi connectivity index (χ4n) is 11.9. The SMILES string of the molecule is C[C@@H]1C23CC[C@H]4[C@@](C)(CC[C@@]5(C)[C@@H]6C[C@](C)(C(=O)O)CC[C@@]6(C)CC[C@]45C)[C@@H]2CC[C@]1(O)OC3. The molecule has 4 heteroatoms. The maximum absolute atomic E-state index is 12.3. The molecule has 0 aromatic rings. The Balaban J connectivity index is 1.39. The van der Waals surface area contributed by atoms with E-state index < -0.39 is 17.2 Å². The minimum atomic E-state index is -0.900. The molecule has 5 aliphatic carbocycles. The molecule has 34 heavy (non-hydrogen) atoms. The summed E-state index contributed by atoms with van der Waals surface area (Å²) in [5.74, 6) is 0.525. The summed E-state index contributed by atoms with van der Waals surface area (Å²) in [5.41, 5.74) is 0.569. The van der Waals surface area contributed by atoms with Gasteiger partial charge in [-0.25, -0.2) is 0 Å². The van der Waals surface area contributed by atoms with Crippen molar-refractivity contribution < 1.29 is 19.7 Å². The number of fused-ring (bicyclic) bond motifs is 7. The molecule has 6 fully saturated rings. The number of hydrogen-bond acceptors (Lipinski definition) is 3. The zero-order valence-electron chi connectivity index (χ0n) is 22.5. The minimum Gasteiger partial charge on any atom is -0.481 e. The summed E-state index contributed by atoms with van der Waals surface area (Å²) in [6.07, 6.45) is 12.0. The number of hydrogen-bond donors (Lipinski definition) is 2. The molecule has 0 aromatic heterocycles. The Morgan fingerprint density at radius 3 is 2.12 bits per heavy atom. The number of carboxylic acid groups (broad SMARTS) is 1. The second kappa shape index (κ2) is 6.63. The van der Waals surface area contributed by atoms with Gasteiger partial charge in [-0.3, -0.25) is 4.79 Å². The van der Waals surface area contributed by atoms with Crippen LogP contribution in [0.3, 0.4) is 0 Å². The summed E-state index contributed by atoms with van der Waals surface area (Å²) in [6, 6.07) is 0. The lowest BCUT2D eigenvalue weighted by molar-refractivity contribution is -0.267. The fourth-order valence-corrected chi connectivity index (χ4v) is 11.9. The molecule has 1 heterocycles.